The average molecular weight is 719 g/mol. The van der Waals surface area contributed by atoms with Gasteiger partial charge in [0.15, 0.2) is 23.0 Å². The predicted molar refractivity (Wildman–Crippen MR) is 170 cm³/mol. The van der Waals surface area contributed by atoms with Gasteiger partial charge in [0.1, 0.15) is 18.1 Å². The standard InChI is InChI=1S/C28H27ClO12S4/c1-36-24-15-21(17-6-9-19(10-7-17)39-43(3,30)31)27(37-2)28(41-45(5,34)35)26(24)18-8-12-22(23(14-18)40-44(4,32)33)38-16-20-11-13-25(29)42-20/h6-15H,16H2,1-5H3. The molecule has 4 aromatic rings. The zero-order valence-corrected chi connectivity index (χ0v) is 28.4. The van der Waals surface area contributed by atoms with Gasteiger partial charge in [-0.05, 0) is 53.6 Å². The van der Waals surface area contributed by atoms with Crippen molar-refractivity contribution in [3.05, 3.63) is 69.9 Å². The first-order chi connectivity index (χ1) is 21.0. The van der Waals surface area contributed by atoms with Gasteiger partial charge in [-0.3, -0.25) is 0 Å². The van der Waals surface area contributed by atoms with E-state index in [-0.39, 0.29) is 52.2 Å². The van der Waals surface area contributed by atoms with Crippen LogP contribution in [0.2, 0.25) is 4.34 Å². The highest BCUT2D eigenvalue weighted by molar-refractivity contribution is 7.86. The molecule has 0 aliphatic heterocycles. The first-order valence-electron chi connectivity index (χ1n) is 12.6. The van der Waals surface area contributed by atoms with Gasteiger partial charge in [0.2, 0.25) is 0 Å². The molecule has 3 aromatic carbocycles. The maximum absolute atomic E-state index is 12.5. The molecule has 0 aliphatic carbocycles. The quantitative estimate of drug-likeness (QED) is 0.164. The van der Waals surface area contributed by atoms with E-state index in [9.17, 15) is 25.3 Å². The van der Waals surface area contributed by atoms with Crippen LogP contribution in [0.25, 0.3) is 22.3 Å². The van der Waals surface area contributed by atoms with Crippen molar-refractivity contribution in [1.82, 2.24) is 0 Å². The molecule has 12 nitrogen and oxygen atoms in total. The second-order valence-electron chi connectivity index (χ2n) is 9.41. The average Bonchev–Trinajstić information content (AvgIpc) is 3.34. The summed E-state index contributed by atoms with van der Waals surface area (Å²) in [4.78, 5) is 0.774. The number of ether oxygens (including phenoxy) is 3. The summed E-state index contributed by atoms with van der Waals surface area (Å²) in [5.74, 6) is -0.216. The third-order valence-electron chi connectivity index (χ3n) is 5.74. The second kappa shape index (κ2) is 13.3. The van der Waals surface area contributed by atoms with E-state index in [1.54, 1.807) is 18.2 Å². The van der Waals surface area contributed by atoms with Crippen LogP contribution in [0.15, 0.2) is 60.7 Å². The van der Waals surface area contributed by atoms with Crippen LogP contribution in [0.4, 0.5) is 0 Å². The molecule has 17 heteroatoms. The Balaban J connectivity index is 1.91. The van der Waals surface area contributed by atoms with Crippen LogP contribution in [-0.2, 0) is 37.0 Å². The summed E-state index contributed by atoms with van der Waals surface area (Å²) >= 11 is 7.29. The Kier molecular flexibility index (Phi) is 10.1. The zero-order valence-electron chi connectivity index (χ0n) is 24.4. The number of benzene rings is 3. The Morgan fingerprint density at radius 1 is 0.644 bits per heavy atom. The molecule has 0 saturated carbocycles. The molecule has 1 heterocycles. The Labute approximate surface area is 270 Å². The fourth-order valence-corrected chi connectivity index (χ4v) is 6.53. The van der Waals surface area contributed by atoms with E-state index in [4.69, 9.17) is 38.4 Å². The van der Waals surface area contributed by atoms with Crippen LogP contribution in [0.5, 0.6) is 34.5 Å². The second-order valence-corrected chi connectivity index (χ2v) is 15.9. The predicted octanol–water partition coefficient (Wildman–Crippen LogP) is 5.35. The topological polar surface area (TPSA) is 158 Å². The Morgan fingerprint density at radius 2 is 1.27 bits per heavy atom. The molecule has 0 saturated heterocycles. The summed E-state index contributed by atoms with van der Waals surface area (Å²) in [5, 5.41) is 0. The maximum Gasteiger partial charge on any atom is 0.306 e. The molecular weight excluding hydrogens is 692 g/mol. The summed E-state index contributed by atoms with van der Waals surface area (Å²) in [6.45, 7) is 0.0686. The van der Waals surface area contributed by atoms with Gasteiger partial charge in [-0.2, -0.15) is 25.3 Å². The smallest absolute Gasteiger partial charge is 0.306 e. The van der Waals surface area contributed by atoms with Crippen LogP contribution < -0.4 is 26.8 Å². The fourth-order valence-electron chi connectivity index (χ4n) is 4.15. The van der Waals surface area contributed by atoms with Gasteiger partial charge < -0.3 is 26.8 Å². The van der Waals surface area contributed by atoms with E-state index in [2.05, 4.69) is 0 Å². The van der Waals surface area contributed by atoms with Crippen LogP contribution in [0.1, 0.15) is 4.88 Å². The van der Waals surface area contributed by atoms with Crippen molar-refractivity contribution < 1.29 is 52.0 Å². The molecule has 0 unspecified atom stereocenters. The SMILES string of the molecule is COc1cc(-c2ccc(OS(C)(=O)=O)cc2)c(OC)c(OS(C)(=O)=O)c1-c1ccc(OCc2ccc(Cl)s2)c(OS(C)(=O)=O)c1. The lowest BCUT2D eigenvalue weighted by molar-refractivity contribution is 0.300. The number of rotatable bonds is 13. The van der Waals surface area contributed by atoms with Crippen LogP contribution in [-0.4, -0.2) is 58.2 Å². The van der Waals surface area contributed by atoms with Gasteiger partial charge in [0.25, 0.3) is 0 Å². The van der Waals surface area contributed by atoms with Gasteiger partial charge in [0, 0.05) is 10.4 Å². The highest BCUT2D eigenvalue weighted by atomic mass is 35.5. The van der Waals surface area contributed by atoms with Crippen molar-refractivity contribution in [1.29, 1.82) is 0 Å². The minimum Gasteiger partial charge on any atom is -0.496 e. The van der Waals surface area contributed by atoms with Gasteiger partial charge >= 0.3 is 30.4 Å². The normalized spacial score (nSPS) is 12.0. The van der Waals surface area contributed by atoms with Crippen LogP contribution in [0, 0.1) is 0 Å². The van der Waals surface area contributed by atoms with Gasteiger partial charge in [-0.15, -0.1) is 11.3 Å². The van der Waals surface area contributed by atoms with Crippen molar-refractivity contribution in [2.45, 2.75) is 6.61 Å². The molecule has 0 fully saturated rings. The minimum absolute atomic E-state index is 0.0199. The number of hydrogen-bond donors (Lipinski definition) is 0. The summed E-state index contributed by atoms with van der Waals surface area (Å²) < 4.78 is 106. The molecule has 0 bridgehead atoms. The lowest BCUT2D eigenvalue weighted by Gasteiger charge is -2.21. The van der Waals surface area contributed by atoms with Crippen LogP contribution >= 0.6 is 22.9 Å². The van der Waals surface area contributed by atoms with E-state index in [1.165, 1.54) is 68.0 Å². The summed E-state index contributed by atoms with van der Waals surface area (Å²) in [6, 6.07) is 15.2. The van der Waals surface area contributed by atoms with Crippen molar-refractivity contribution in [2.75, 3.05) is 33.0 Å². The molecule has 0 N–H and O–H groups in total. The number of methoxy groups -OCH3 is 2. The van der Waals surface area contributed by atoms with Gasteiger partial charge in [0.05, 0.1) is 42.9 Å². The molecule has 4 rings (SSSR count). The summed E-state index contributed by atoms with van der Waals surface area (Å²) in [5.41, 5.74) is 1.12. The fraction of sp³-hybridized carbons (Fsp3) is 0.214. The van der Waals surface area contributed by atoms with Crippen LogP contribution in [0.3, 0.4) is 0 Å². The van der Waals surface area contributed by atoms with Gasteiger partial charge in [-0.1, -0.05) is 29.8 Å². The molecule has 0 spiro atoms. The van der Waals surface area contributed by atoms with E-state index in [0.717, 1.165) is 23.6 Å². The van der Waals surface area contributed by atoms with E-state index < -0.39 is 30.4 Å². The zero-order chi connectivity index (χ0) is 33.2. The summed E-state index contributed by atoms with van der Waals surface area (Å²) in [6.07, 6.45) is 2.62. The molecule has 45 heavy (non-hydrogen) atoms. The van der Waals surface area contributed by atoms with Crippen molar-refractivity contribution in [2.24, 2.45) is 0 Å². The third-order valence-corrected chi connectivity index (χ3v) is 8.40. The highest BCUT2D eigenvalue weighted by Gasteiger charge is 2.27. The molecule has 242 valence electrons. The molecule has 0 aliphatic rings. The minimum atomic E-state index is -4.16. The number of hydrogen-bond acceptors (Lipinski definition) is 13. The number of halogens is 1. The number of thiophene rings is 1. The third kappa shape index (κ3) is 9.17. The molecule has 0 atom stereocenters. The maximum atomic E-state index is 12.5. The van der Waals surface area contributed by atoms with Crippen molar-refractivity contribution >= 4 is 53.3 Å². The lowest BCUT2D eigenvalue weighted by Crippen LogP contribution is -2.10. The lowest BCUT2D eigenvalue weighted by atomic mass is 9.96. The Morgan fingerprint density at radius 3 is 1.80 bits per heavy atom. The molecule has 1 aromatic heterocycles. The van der Waals surface area contributed by atoms with Crippen molar-refractivity contribution in [3.63, 3.8) is 0 Å². The van der Waals surface area contributed by atoms with E-state index in [1.807, 2.05) is 0 Å². The van der Waals surface area contributed by atoms with Gasteiger partial charge in [-0.25, -0.2) is 0 Å². The first kappa shape index (κ1) is 34.2. The molecule has 0 radical (unpaired) electrons. The van der Waals surface area contributed by atoms with Crippen molar-refractivity contribution in [3.8, 4) is 56.8 Å². The summed E-state index contributed by atoms with van der Waals surface area (Å²) in [7, 11) is -9.31. The largest absolute Gasteiger partial charge is 0.496 e. The first-order valence-corrected chi connectivity index (χ1v) is 19.2. The Hall–Kier alpha value is -3.70. The molecule has 0 amide bonds. The monoisotopic (exact) mass is 718 g/mol. The van der Waals surface area contributed by atoms with E-state index in [0.29, 0.717) is 15.5 Å². The Bertz CT molecular complexity index is 2040. The molecular formula is C28H27ClO12S4. The van der Waals surface area contributed by atoms with E-state index >= 15 is 0 Å². The highest BCUT2D eigenvalue weighted by Crippen LogP contribution is 2.52.